The Morgan fingerprint density at radius 2 is 1.96 bits per heavy atom. The minimum atomic E-state index is -0.106. The average molecular weight is 337 g/mol. The van der Waals surface area contributed by atoms with Crippen LogP contribution >= 0.6 is 11.6 Å². The molecular formula is C17H21ClN2O3. The number of carbonyl (C=O) groups excluding carboxylic acids is 2. The summed E-state index contributed by atoms with van der Waals surface area (Å²) in [5.41, 5.74) is 1.10. The van der Waals surface area contributed by atoms with E-state index < -0.39 is 0 Å². The summed E-state index contributed by atoms with van der Waals surface area (Å²) in [4.78, 5) is 25.7. The zero-order valence-electron chi connectivity index (χ0n) is 13.2. The number of benzene rings is 1. The fraction of sp³-hybridized carbons (Fsp3) is 0.529. The second-order valence-corrected chi connectivity index (χ2v) is 6.85. The van der Waals surface area contributed by atoms with Gasteiger partial charge in [-0.2, -0.15) is 0 Å². The van der Waals surface area contributed by atoms with Crippen molar-refractivity contribution in [2.24, 2.45) is 11.3 Å². The maximum absolute atomic E-state index is 12.2. The number of nitrogens with one attached hydrogen (secondary N) is 1. The quantitative estimate of drug-likeness (QED) is 0.863. The number of ether oxygens (including phenoxy) is 1. The molecule has 1 aliphatic carbocycles. The van der Waals surface area contributed by atoms with Gasteiger partial charge in [-0.3, -0.25) is 4.79 Å². The van der Waals surface area contributed by atoms with Crippen LogP contribution in [-0.2, 0) is 16.1 Å². The van der Waals surface area contributed by atoms with E-state index in [-0.39, 0.29) is 23.3 Å². The van der Waals surface area contributed by atoms with Gasteiger partial charge in [0.25, 0.3) is 0 Å². The molecule has 1 heterocycles. The summed E-state index contributed by atoms with van der Waals surface area (Å²) in [5.74, 6) is -0.0718. The lowest BCUT2D eigenvalue weighted by Crippen LogP contribution is -2.45. The first-order valence-corrected chi connectivity index (χ1v) is 8.27. The molecule has 5 nitrogen and oxygen atoms in total. The number of piperidine rings is 1. The molecule has 1 unspecified atom stereocenters. The number of nitrogens with zero attached hydrogens (tertiary/aromatic N) is 1. The maximum Gasteiger partial charge on any atom is 0.317 e. The van der Waals surface area contributed by atoms with Gasteiger partial charge >= 0.3 is 12.0 Å². The molecule has 1 saturated heterocycles. The van der Waals surface area contributed by atoms with Crippen LogP contribution in [0, 0.1) is 11.3 Å². The van der Waals surface area contributed by atoms with Crippen molar-refractivity contribution in [2.45, 2.75) is 25.8 Å². The number of hydrogen-bond acceptors (Lipinski definition) is 3. The Morgan fingerprint density at radius 3 is 2.57 bits per heavy atom. The van der Waals surface area contributed by atoms with Crippen LogP contribution in [0.25, 0.3) is 0 Å². The van der Waals surface area contributed by atoms with Crippen LogP contribution in [0.1, 0.15) is 24.8 Å². The molecule has 124 valence electrons. The van der Waals surface area contributed by atoms with E-state index in [1.165, 1.54) is 7.11 Å². The van der Waals surface area contributed by atoms with Crippen molar-refractivity contribution < 1.29 is 14.3 Å². The molecule has 2 fully saturated rings. The lowest BCUT2D eigenvalue weighted by Gasteiger charge is -2.32. The van der Waals surface area contributed by atoms with Crippen LogP contribution in [0.2, 0.25) is 5.02 Å². The summed E-state index contributed by atoms with van der Waals surface area (Å²) in [6.45, 7) is 1.88. The van der Waals surface area contributed by atoms with Crippen molar-refractivity contribution in [3.63, 3.8) is 0 Å². The highest BCUT2D eigenvalue weighted by atomic mass is 35.5. The standard InChI is InChI=1S/C17H21ClN2O3/c1-23-15(21)14-10-17(14)6-8-20(9-7-17)16(22)19-11-12-2-4-13(18)5-3-12/h2-5,14H,6-11H2,1H3,(H,19,22). The SMILES string of the molecule is COC(=O)C1CC12CCN(C(=O)NCc1ccc(Cl)cc1)CC2. The third kappa shape index (κ3) is 3.44. The second kappa shape index (κ2) is 6.40. The average Bonchev–Trinajstić information content (AvgIpc) is 3.27. The number of urea groups is 1. The molecule has 0 bridgehead atoms. The van der Waals surface area contributed by atoms with E-state index in [4.69, 9.17) is 16.3 Å². The van der Waals surface area contributed by atoms with Crippen LogP contribution in [0.15, 0.2) is 24.3 Å². The Labute approximate surface area is 140 Å². The van der Waals surface area contributed by atoms with Gasteiger partial charge in [0.2, 0.25) is 0 Å². The lowest BCUT2D eigenvalue weighted by molar-refractivity contribution is -0.143. The molecule has 6 heteroatoms. The Morgan fingerprint density at radius 1 is 1.30 bits per heavy atom. The van der Waals surface area contributed by atoms with Crippen LogP contribution in [-0.4, -0.2) is 37.1 Å². The normalized spacial score (nSPS) is 21.8. The summed E-state index contributed by atoms with van der Waals surface area (Å²) < 4.78 is 4.83. The Kier molecular flexibility index (Phi) is 4.48. The smallest absolute Gasteiger partial charge is 0.317 e. The van der Waals surface area contributed by atoms with Gasteiger partial charge in [0.05, 0.1) is 13.0 Å². The molecule has 2 aliphatic rings. The fourth-order valence-electron chi connectivity index (χ4n) is 3.42. The number of hydrogen-bond donors (Lipinski definition) is 1. The molecule has 2 amide bonds. The largest absolute Gasteiger partial charge is 0.469 e. The van der Waals surface area contributed by atoms with Crippen LogP contribution < -0.4 is 5.32 Å². The number of halogens is 1. The minimum absolute atomic E-state index is 0.0341. The first-order chi connectivity index (χ1) is 11.0. The third-order valence-electron chi connectivity index (χ3n) is 5.08. The second-order valence-electron chi connectivity index (χ2n) is 6.41. The van der Waals surface area contributed by atoms with E-state index in [1.807, 2.05) is 29.2 Å². The minimum Gasteiger partial charge on any atom is -0.469 e. The molecule has 0 radical (unpaired) electrons. The topological polar surface area (TPSA) is 58.6 Å². The molecule has 1 N–H and O–H groups in total. The van der Waals surface area contributed by atoms with E-state index in [1.54, 1.807) is 0 Å². The molecule has 1 saturated carbocycles. The molecule has 23 heavy (non-hydrogen) atoms. The Bertz CT molecular complexity index is 594. The molecule has 1 aromatic rings. The van der Waals surface area contributed by atoms with Gasteiger partial charge < -0.3 is 15.0 Å². The van der Waals surface area contributed by atoms with Gasteiger partial charge in [0.1, 0.15) is 0 Å². The Balaban J connectivity index is 1.45. The monoisotopic (exact) mass is 336 g/mol. The van der Waals surface area contributed by atoms with Crippen LogP contribution in [0.5, 0.6) is 0 Å². The van der Waals surface area contributed by atoms with Crippen LogP contribution in [0.4, 0.5) is 4.79 Å². The molecule has 1 aliphatic heterocycles. The molecule has 3 rings (SSSR count). The summed E-state index contributed by atoms with van der Waals surface area (Å²) in [6.07, 6.45) is 2.65. The maximum atomic E-state index is 12.2. The highest BCUT2D eigenvalue weighted by Gasteiger charge is 2.59. The highest BCUT2D eigenvalue weighted by molar-refractivity contribution is 6.30. The molecule has 1 atom stereocenters. The van der Waals surface area contributed by atoms with Gasteiger partial charge in [-0.15, -0.1) is 0 Å². The fourth-order valence-corrected chi connectivity index (χ4v) is 3.55. The predicted octanol–water partition coefficient (Wildman–Crippen LogP) is 2.82. The first-order valence-electron chi connectivity index (χ1n) is 7.89. The number of methoxy groups -OCH3 is 1. The molecule has 1 spiro atoms. The van der Waals surface area contributed by atoms with E-state index in [0.717, 1.165) is 24.8 Å². The first kappa shape index (κ1) is 16.1. The van der Waals surface area contributed by atoms with Crippen LogP contribution in [0.3, 0.4) is 0 Å². The van der Waals surface area contributed by atoms with Crippen molar-refractivity contribution in [3.8, 4) is 0 Å². The van der Waals surface area contributed by atoms with E-state index in [2.05, 4.69) is 5.32 Å². The highest BCUT2D eigenvalue weighted by Crippen LogP contribution is 2.59. The van der Waals surface area contributed by atoms with Crippen molar-refractivity contribution in [1.29, 1.82) is 0 Å². The third-order valence-corrected chi connectivity index (χ3v) is 5.33. The van der Waals surface area contributed by atoms with E-state index >= 15 is 0 Å². The van der Waals surface area contributed by atoms with Crippen molar-refractivity contribution in [3.05, 3.63) is 34.9 Å². The number of carbonyl (C=O) groups is 2. The zero-order valence-corrected chi connectivity index (χ0v) is 13.9. The van der Waals surface area contributed by atoms with Gasteiger partial charge in [0, 0.05) is 24.7 Å². The number of likely N-dealkylation sites (tertiary alicyclic amines) is 1. The number of amides is 2. The molecule has 1 aromatic carbocycles. The Hall–Kier alpha value is -1.75. The van der Waals surface area contributed by atoms with Crippen molar-refractivity contribution in [1.82, 2.24) is 10.2 Å². The van der Waals surface area contributed by atoms with Gasteiger partial charge in [-0.05, 0) is 42.4 Å². The number of esters is 1. The van der Waals surface area contributed by atoms with E-state index in [0.29, 0.717) is 24.7 Å². The van der Waals surface area contributed by atoms with Gasteiger partial charge in [0.15, 0.2) is 0 Å². The number of rotatable bonds is 3. The molecular weight excluding hydrogens is 316 g/mol. The van der Waals surface area contributed by atoms with Crippen molar-refractivity contribution in [2.75, 3.05) is 20.2 Å². The summed E-state index contributed by atoms with van der Waals surface area (Å²) in [6, 6.07) is 7.38. The summed E-state index contributed by atoms with van der Waals surface area (Å²) >= 11 is 5.84. The molecule has 0 aromatic heterocycles. The van der Waals surface area contributed by atoms with Gasteiger partial charge in [-0.25, -0.2) is 4.79 Å². The summed E-state index contributed by atoms with van der Waals surface area (Å²) in [7, 11) is 1.44. The van der Waals surface area contributed by atoms with Crippen molar-refractivity contribution >= 4 is 23.6 Å². The lowest BCUT2D eigenvalue weighted by atomic mass is 9.91. The van der Waals surface area contributed by atoms with E-state index in [9.17, 15) is 9.59 Å². The predicted molar refractivity (Wildman–Crippen MR) is 87.1 cm³/mol. The summed E-state index contributed by atoms with van der Waals surface area (Å²) in [5, 5.41) is 3.62. The van der Waals surface area contributed by atoms with Gasteiger partial charge in [-0.1, -0.05) is 23.7 Å². The zero-order chi connectivity index (χ0) is 16.4.